The molecule has 4 nitrogen and oxygen atoms in total. The van der Waals surface area contributed by atoms with E-state index in [0.717, 1.165) is 16.8 Å². The van der Waals surface area contributed by atoms with Gasteiger partial charge in [0, 0.05) is 6.20 Å². The average molecular weight is 278 g/mol. The van der Waals surface area contributed by atoms with Crippen LogP contribution in [-0.2, 0) is 0 Å². The van der Waals surface area contributed by atoms with Crippen LogP contribution in [0.25, 0.3) is 28.1 Å². The number of benzene rings is 2. The maximum Gasteiger partial charge on any atom is 0.141 e. The summed E-state index contributed by atoms with van der Waals surface area (Å²) in [7, 11) is 0. The van der Waals surface area contributed by atoms with Crippen molar-refractivity contribution in [2.24, 2.45) is 0 Å². The number of halogens is 1. The standard InChI is InChI=1S/C16H11FN4/c17-12-6-7-14-15(8-12)20-16(19-14)11-9-18-21(10-11)13-4-2-1-3-5-13/h1-10H,(H,19,20). The molecule has 4 aromatic rings. The van der Waals surface area contributed by atoms with Gasteiger partial charge in [0.2, 0.25) is 0 Å². The van der Waals surface area contributed by atoms with Crippen LogP contribution in [0.1, 0.15) is 0 Å². The Balaban J connectivity index is 1.77. The van der Waals surface area contributed by atoms with E-state index >= 15 is 0 Å². The molecule has 4 rings (SSSR count). The molecule has 0 aliphatic carbocycles. The Hall–Kier alpha value is -2.95. The molecule has 0 saturated carbocycles. The van der Waals surface area contributed by atoms with Crippen LogP contribution in [0.5, 0.6) is 0 Å². The van der Waals surface area contributed by atoms with Gasteiger partial charge in [-0.2, -0.15) is 5.10 Å². The second-order valence-electron chi connectivity index (χ2n) is 4.76. The van der Waals surface area contributed by atoms with Crippen LogP contribution in [0.4, 0.5) is 4.39 Å². The van der Waals surface area contributed by atoms with Gasteiger partial charge in [0.1, 0.15) is 11.6 Å². The van der Waals surface area contributed by atoms with Gasteiger partial charge in [-0.3, -0.25) is 0 Å². The Morgan fingerprint density at radius 2 is 1.90 bits per heavy atom. The molecule has 0 aliphatic rings. The molecule has 2 aromatic carbocycles. The Morgan fingerprint density at radius 3 is 2.76 bits per heavy atom. The summed E-state index contributed by atoms with van der Waals surface area (Å²) in [4.78, 5) is 7.57. The zero-order valence-electron chi connectivity index (χ0n) is 11.0. The summed E-state index contributed by atoms with van der Waals surface area (Å²) in [5.41, 5.74) is 3.25. The minimum absolute atomic E-state index is 0.280. The molecule has 5 heteroatoms. The fourth-order valence-corrected chi connectivity index (χ4v) is 2.29. The summed E-state index contributed by atoms with van der Waals surface area (Å²) in [6.07, 6.45) is 3.63. The summed E-state index contributed by atoms with van der Waals surface area (Å²) in [5, 5.41) is 4.33. The van der Waals surface area contributed by atoms with E-state index in [9.17, 15) is 4.39 Å². The Kier molecular flexibility index (Phi) is 2.57. The van der Waals surface area contributed by atoms with Gasteiger partial charge < -0.3 is 4.98 Å². The van der Waals surface area contributed by atoms with Crippen molar-refractivity contribution in [2.45, 2.75) is 0 Å². The number of nitrogens with one attached hydrogen (secondary N) is 1. The van der Waals surface area contributed by atoms with Crippen LogP contribution in [0, 0.1) is 5.82 Å². The van der Waals surface area contributed by atoms with Crippen LogP contribution in [0.3, 0.4) is 0 Å². The normalized spacial score (nSPS) is 11.1. The summed E-state index contributed by atoms with van der Waals surface area (Å²) in [5.74, 6) is 0.399. The molecule has 0 radical (unpaired) electrons. The van der Waals surface area contributed by atoms with Gasteiger partial charge in [0.05, 0.1) is 28.5 Å². The van der Waals surface area contributed by atoms with Gasteiger partial charge in [0.25, 0.3) is 0 Å². The summed E-state index contributed by atoms with van der Waals surface area (Å²) >= 11 is 0. The van der Waals surface area contributed by atoms with E-state index in [0.29, 0.717) is 11.3 Å². The SMILES string of the molecule is Fc1ccc2nc(-c3cnn(-c4ccccc4)c3)[nH]c2c1. The number of para-hydroxylation sites is 1. The highest BCUT2D eigenvalue weighted by Gasteiger charge is 2.08. The Morgan fingerprint density at radius 1 is 1.05 bits per heavy atom. The first kappa shape index (κ1) is 11.8. The minimum atomic E-state index is -0.280. The third-order valence-corrected chi connectivity index (χ3v) is 3.32. The highest BCUT2D eigenvalue weighted by atomic mass is 19.1. The first-order valence-corrected chi connectivity index (χ1v) is 6.55. The molecule has 0 aliphatic heterocycles. The van der Waals surface area contributed by atoms with E-state index in [1.807, 2.05) is 36.5 Å². The van der Waals surface area contributed by atoms with Crippen molar-refractivity contribution in [1.29, 1.82) is 0 Å². The number of aromatic amines is 1. The lowest BCUT2D eigenvalue weighted by molar-refractivity contribution is 0.629. The fraction of sp³-hybridized carbons (Fsp3) is 0. The lowest BCUT2D eigenvalue weighted by Crippen LogP contribution is -1.92. The van der Waals surface area contributed by atoms with Crippen molar-refractivity contribution < 1.29 is 4.39 Å². The van der Waals surface area contributed by atoms with Crippen LogP contribution in [0.15, 0.2) is 60.9 Å². The summed E-state index contributed by atoms with van der Waals surface area (Å²) < 4.78 is 15.0. The maximum atomic E-state index is 13.2. The molecular formula is C16H11FN4. The molecule has 0 fully saturated rings. The molecule has 0 bridgehead atoms. The molecule has 0 amide bonds. The molecule has 0 unspecified atom stereocenters. The number of imidazole rings is 1. The van der Waals surface area contributed by atoms with Gasteiger partial charge in [-0.05, 0) is 30.3 Å². The van der Waals surface area contributed by atoms with Crippen molar-refractivity contribution >= 4 is 11.0 Å². The lowest BCUT2D eigenvalue weighted by Gasteiger charge is -1.98. The predicted octanol–water partition coefficient (Wildman–Crippen LogP) is 3.55. The zero-order chi connectivity index (χ0) is 14.2. The molecule has 2 aromatic heterocycles. The van der Waals surface area contributed by atoms with Gasteiger partial charge in [0.15, 0.2) is 0 Å². The molecule has 0 spiro atoms. The molecule has 0 saturated heterocycles. The van der Waals surface area contributed by atoms with E-state index in [4.69, 9.17) is 0 Å². The highest BCUT2D eigenvalue weighted by molar-refractivity contribution is 5.79. The van der Waals surface area contributed by atoms with Gasteiger partial charge in [-0.15, -0.1) is 0 Å². The minimum Gasteiger partial charge on any atom is -0.338 e. The van der Waals surface area contributed by atoms with E-state index in [-0.39, 0.29) is 5.82 Å². The van der Waals surface area contributed by atoms with Crippen molar-refractivity contribution in [3.8, 4) is 17.1 Å². The van der Waals surface area contributed by atoms with E-state index in [1.54, 1.807) is 16.9 Å². The fourth-order valence-electron chi connectivity index (χ4n) is 2.29. The average Bonchev–Trinajstić information content (AvgIpc) is 3.14. The second-order valence-corrected chi connectivity index (χ2v) is 4.76. The van der Waals surface area contributed by atoms with Crippen LogP contribution in [-0.4, -0.2) is 19.7 Å². The first-order valence-electron chi connectivity index (χ1n) is 6.55. The summed E-state index contributed by atoms with van der Waals surface area (Å²) in [6.45, 7) is 0. The zero-order valence-corrected chi connectivity index (χ0v) is 11.0. The number of rotatable bonds is 2. The number of hydrogen-bond donors (Lipinski definition) is 1. The highest BCUT2D eigenvalue weighted by Crippen LogP contribution is 2.21. The number of hydrogen-bond acceptors (Lipinski definition) is 2. The van der Waals surface area contributed by atoms with Gasteiger partial charge >= 0.3 is 0 Å². The first-order chi connectivity index (χ1) is 10.3. The molecule has 21 heavy (non-hydrogen) atoms. The molecule has 0 atom stereocenters. The number of nitrogens with zero attached hydrogens (tertiary/aromatic N) is 3. The smallest absolute Gasteiger partial charge is 0.141 e. The van der Waals surface area contributed by atoms with Crippen molar-refractivity contribution in [1.82, 2.24) is 19.7 Å². The topological polar surface area (TPSA) is 46.5 Å². The van der Waals surface area contributed by atoms with Gasteiger partial charge in [-0.25, -0.2) is 14.1 Å². The maximum absolute atomic E-state index is 13.2. The second kappa shape index (κ2) is 4.56. The van der Waals surface area contributed by atoms with Gasteiger partial charge in [-0.1, -0.05) is 18.2 Å². The number of aromatic nitrogens is 4. The van der Waals surface area contributed by atoms with Crippen LogP contribution in [0.2, 0.25) is 0 Å². The molecule has 102 valence electrons. The third-order valence-electron chi connectivity index (χ3n) is 3.32. The Labute approximate surface area is 119 Å². The Bertz CT molecular complexity index is 908. The van der Waals surface area contributed by atoms with E-state index < -0.39 is 0 Å². The van der Waals surface area contributed by atoms with Crippen molar-refractivity contribution in [3.05, 3.63) is 66.7 Å². The monoisotopic (exact) mass is 278 g/mol. The molecule has 2 heterocycles. The third kappa shape index (κ3) is 2.08. The summed E-state index contributed by atoms with van der Waals surface area (Å²) in [6, 6.07) is 14.3. The lowest BCUT2D eigenvalue weighted by atomic mass is 10.3. The molecule has 1 N–H and O–H groups in total. The van der Waals surface area contributed by atoms with E-state index in [2.05, 4.69) is 15.1 Å². The van der Waals surface area contributed by atoms with Crippen LogP contribution >= 0.6 is 0 Å². The van der Waals surface area contributed by atoms with Crippen molar-refractivity contribution in [2.75, 3.05) is 0 Å². The number of H-pyrrole nitrogens is 1. The van der Waals surface area contributed by atoms with Crippen molar-refractivity contribution in [3.63, 3.8) is 0 Å². The number of fused-ring (bicyclic) bond motifs is 1. The van der Waals surface area contributed by atoms with E-state index in [1.165, 1.54) is 12.1 Å². The predicted molar refractivity (Wildman–Crippen MR) is 78.6 cm³/mol. The largest absolute Gasteiger partial charge is 0.338 e. The van der Waals surface area contributed by atoms with Crippen LogP contribution < -0.4 is 0 Å². The molecular weight excluding hydrogens is 267 g/mol. The quantitative estimate of drug-likeness (QED) is 0.609.